The molecule has 1 aliphatic heterocycles. The van der Waals surface area contributed by atoms with Gasteiger partial charge in [0.25, 0.3) is 17.7 Å². The maximum atomic E-state index is 12.8. The topological polar surface area (TPSA) is 84.3 Å². The van der Waals surface area contributed by atoms with Gasteiger partial charge in [0.15, 0.2) is 5.69 Å². The molecule has 24 heavy (non-hydrogen) atoms. The molecule has 5 aliphatic rings. The Morgan fingerprint density at radius 3 is 2.29 bits per heavy atom. The fourth-order valence-electron chi connectivity index (χ4n) is 4.84. The van der Waals surface area contributed by atoms with Crippen molar-refractivity contribution in [1.82, 2.24) is 20.2 Å². The predicted molar refractivity (Wildman–Crippen MR) is 84.9 cm³/mol. The third kappa shape index (κ3) is 1.72. The van der Waals surface area contributed by atoms with Gasteiger partial charge >= 0.3 is 0 Å². The number of hydrogen-bond acceptors (Lipinski definition) is 4. The molecular formula is C16H15BrN4O3. The van der Waals surface area contributed by atoms with Crippen LogP contribution >= 0.6 is 15.9 Å². The first kappa shape index (κ1) is 14.4. The maximum Gasteiger partial charge on any atom is 0.291 e. The molecule has 0 unspecified atom stereocenters. The summed E-state index contributed by atoms with van der Waals surface area (Å²) in [6.07, 6.45) is 6.96. The number of amides is 3. The molecule has 1 aromatic rings. The van der Waals surface area contributed by atoms with E-state index in [2.05, 4.69) is 38.6 Å². The highest BCUT2D eigenvalue weighted by Gasteiger charge is 2.67. The summed E-state index contributed by atoms with van der Waals surface area (Å²) in [7, 11) is 1.69. The molecule has 1 aromatic heterocycles. The van der Waals surface area contributed by atoms with Gasteiger partial charge in [-0.2, -0.15) is 10.1 Å². The molecule has 2 heterocycles. The van der Waals surface area contributed by atoms with Crippen molar-refractivity contribution in [2.45, 2.75) is 6.42 Å². The molecule has 1 N–H and O–H groups in total. The van der Waals surface area contributed by atoms with E-state index in [1.54, 1.807) is 13.2 Å². The maximum absolute atomic E-state index is 12.8. The number of hydrogen-bond donors (Lipinski definition) is 1. The Morgan fingerprint density at radius 2 is 1.79 bits per heavy atom. The van der Waals surface area contributed by atoms with Crippen molar-refractivity contribution >= 4 is 33.7 Å². The van der Waals surface area contributed by atoms with Crippen molar-refractivity contribution in [1.29, 1.82) is 0 Å². The lowest BCUT2D eigenvalue weighted by Gasteiger charge is -2.37. The smallest absolute Gasteiger partial charge is 0.274 e. The van der Waals surface area contributed by atoms with E-state index in [-0.39, 0.29) is 41.2 Å². The molecule has 1 saturated heterocycles. The van der Waals surface area contributed by atoms with E-state index in [0.29, 0.717) is 16.3 Å². The van der Waals surface area contributed by atoms with Crippen LogP contribution in [-0.2, 0) is 16.6 Å². The molecule has 8 heteroatoms. The van der Waals surface area contributed by atoms with Crippen molar-refractivity contribution in [3.8, 4) is 0 Å². The van der Waals surface area contributed by atoms with Gasteiger partial charge in [0.1, 0.15) is 0 Å². The third-order valence-electron chi connectivity index (χ3n) is 5.88. The number of aryl methyl sites for hydroxylation is 1. The Hall–Kier alpha value is -1.96. The number of allylic oxidation sites excluding steroid dienone is 2. The predicted octanol–water partition coefficient (Wildman–Crippen LogP) is 0.881. The number of hydrazine groups is 1. The lowest BCUT2D eigenvalue weighted by atomic mass is 9.63. The van der Waals surface area contributed by atoms with Crippen molar-refractivity contribution in [2.75, 3.05) is 0 Å². The average Bonchev–Trinajstić information content (AvgIpc) is 3.26. The lowest BCUT2D eigenvalue weighted by Crippen LogP contribution is -2.47. The average molecular weight is 391 g/mol. The van der Waals surface area contributed by atoms with Gasteiger partial charge in [-0.25, -0.2) is 0 Å². The standard InChI is InChI=1S/C16H15BrN4O3/c1-20-5-10(17)13(18-20)14(22)19-21-15(23)11-6-2-3-7(9-4-8(6)9)12(11)16(21)24/h2-3,5-9,11-12H,4H2,1H3,(H,19,22)/t6-,7-,8-,9-,11-,12+/m1/s1. The molecule has 7 nitrogen and oxygen atoms in total. The van der Waals surface area contributed by atoms with Gasteiger partial charge in [0.2, 0.25) is 0 Å². The highest BCUT2D eigenvalue weighted by Crippen LogP contribution is 2.65. The summed E-state index contributed by atoms with van der Waals surface area (Å²) in [4.78, 5) is 38.0. The van der Waals surface area contributed by atoms with Crippen molar-refractivity contribution in [3.05, 3.63) is 28.5 Å². The molecule has 0 aromatic carbocycles. The van der Waals surface area contributed by atoms with Crippen molar-refractivity contribution in [2.24, 2.45) is 42.6 Å². The molecule has 3 amide bonds. The van der Waals surface area contributed by atoms with Crippen LogP contribution in [0.2, 0.25) is 0 Å². The van der Waals surface area contributed by atoms with Crippen LogP contribution in [0.25, 0.3) is 0 Å². The number of carbonyl (C=O) groups is 3. The van der Waals surface area contributed by atoms with Gasteiger partial charge in [-0.15, -0.1) is 0 Å². The van der Waals surface area contributed by atoms with Gasteiger partial charge in [-0.1, -0.05) is 12.2 Å². The Balaban J connectivity index is 1.42. The first-order valence-corrected chi connectivity index (χ1v) is 8.83. The van der Waals surface area contributed by atoms with E-state index in [1.165, 1.54) is 4.68 Å². The molecule has 4 aliphatic carbocycles. The lowest BCUT2D eigenvalue weighted by molar-refractivity contribution is -0.143. The Labute approximate surface area is 146 Å². The zero-order chi connectivity index (χ0) is 16.7. The van der Waals surface area contributed by atoms with Crippen LogP contribution in [-0.4, -0.2) is 32.5 Å². The quantitative estimate of drug-likeness (QED) is 0.599. The van der Waals surface area contributed by atoms with Gasteiger partial charge in [0.05, 0.1) is 16.3 Å². The fourth-order valence-corrected chi connectivity index (χ4v) is 5.39. The molecule has 6 rings (SSSR count). The second-order valence-electron chi connectivity index (χ2n) is 7.11. The molecule has 3 fully saturated rings. The normalized spacial score (nSPS) is 38.3. The number of carbonyl (C=O) groups excluding carboxylic acids is 3. The second kappa shape index (κ2) is 4.56. The summed E-state index contributed by atoms with van der Waals surface area (Å²) in [5, 5.41) is 4.98. The van der Waals surface area contributed by atoms with Gasteiger partial charge in [-0.05, 0) is 46.0 Å². The summed E-state index contributed by atoms with van der Waals surface area (Å²) in [6.45, 7) is 0. The summed E-state index contributed by atoms with van der Waals surface area (Å²) >= 11 is 3.26. The minimum atomic E-state index is -0.562. The molecule has 6 atom stereocenters. The minimum Gasteiger partial charge on any atom is -0.274 e. The minimum absolute atomic E-state index is 0.143. The number of imide groups is 1. The van der Waals surface area contributed by atoms with Gasteiger partial charge in [0, 0.05) is 13.2 Å². The first-order chi connectivity index (χ1) is 11.5. The fraction of sp³-hybridized carbons (Fsp3) is 0.500. The molecule has 0 spiro atoms. The number of rotatable bonds is 2. The highest BCUT2D eigenvalue weighted by molar-refractivity contribution is 9.10. The van der Waals surface area contributed by atoms with E-state index in [1.807, 2.05) is 0 Å². The SMILES string of the molecule is Cn1cc(Br)c(C(=O)NN2C(=O)[C@@H]3[C@@H]4C=C[C@H]([C@H]5C[C@H]45)[C@@H]3C2=O)n1. The summed E-state index contributed by atoms with van der Waals surface area (Å²) < 4.78 is 2.01. The summed E-state index contributed by atoms with van der Waals surface area (Å²) in [5.41, 5.74) is 2.62. The number of halogens is 1. The largest absolute Gasteiger partial charge is 0.291 e. The van der Waals surface area contributed by atoms with Crippen molar-refractivity contribution < 1.29 is 14.4 Å². The highest BCUT2D eigenvalue weighted by atomic mass is 79.9. The van der Waals surface area contributed by atoms with Crippen LogP contribution in [0.15, 0.2) is 22.8 Å². The Bertz CT molecular complexity index is 795. The number of aromatic nitrogens is 2. The summed E-state index contributed by atoms with van der Waals surface area (Å²) in [6, 6.07) is 0. The van der Waals surface area contributed by atoms with Gasteiger partial charge < -0.3 is 0 Å². The molecule has 124 valence electrons. The van der Waals surface area contributed by atoms with Crippen LogP contribution < -0.4 is 5.43 Å². The van der Waals surface area contributed by atoms with Crippen LogP contribution in [0, 0.1) is 35.5 Å². The van der Waals surface area contributed by atoms with E-state index in [9.17, 15) is 14.4 Å². The zero-order valence-corrected chi connectivity index (χ0v) is 14.4. The van der Waals surface area contributed by atoms with E-state index >= 15 is 0 Å². The van der Waals surface area contributed by atoms with Crippen LogP contribution in [0.3, 0.4) is 0 Å². The number of nitrogens with zero attached hydrogens (tertiary/aromatic N) is 3. The molecule has 0 radical (unpaired) electrons. The number of nitrogens with one attached hydrogen (secondary N) is 1. The van der Waals surface area contributed by atoms with Crippen LogP contribution in [0.1, 0.15) is 16.9 Å². The molecule has 2 saturated carbocycles. The third-order valence-corrected chi connectivity index (χ3v) is 6.46. The molecule has 2 bridgehead atoms. The monoisotopic (exact) mass is 390 g/mol. The zero-order valence-electron chi connectivity index (χ0n) is 12.8. The van der Waals surface area contributed by atoms with E-state index in [0.717, 1.165) is 11.4 Å². The molecular weight excluding hydrogens is 376 g/mol. The van der Waals surface area contributed by atoms with Crippen LogP contribution in [0.4, 0.5) is 0 Å². The van der Waals surface area contributed by atoms with Crippen LogP contribution in [0.5, 0.6) is 0 Å². The van der Waals surface area contributed by atoms with E-state index in [4.69, 9.17) is 0 Å². The first-order valence-electron chi connectivity index (χ1n) is 8.03. The Kier molecular flexibility index (Phi) is 2.73. The summed E-state index contributed by atoms with van der Waals surface area (Å²) in [5.74, 6) is -0.391. The van der Waals surface area contributed by atoms with Crippen molar-refractivity contribution in [3.63, 3.8) is 0 Å². The van der Waals surface area contributed by atoms with Gasteiger partial charge in [-0.3, -0.25) is 24.5 Å². The van der Waals surface area contributed by atoms with E-state index < -0.39 is 5.91 Å². The Morgan fingerprint density at radius 1 is 1.21 bits per heavy atom. The second-order valence-corrected chi connectivity index (χ2v) is 7.96.